The van der Waals surface area contributed by atoms with Crippen molar-refractivity contribution in [1.29, 1.82) is 0 Å². The number of hydrogen-bond acceptors (Lipinski definition) is 2. The molecule has 10 atom stereocenters. The van der Waals surface area contributed by atoms with Crippen LogP contribution in [0.25, 0.3) is 10.9 Å². The van der Waals surface area contributed by atoms with Gasteiger partial charge in [-0.3, -0.25) is 0 Å². The summed E-state index contributed by atoms with van der Waals surface area (Å²) in [5, 5.41) is 14.5. The van der Waals surface area contributed by atoms with E-state index in [0.29, 0.717) is 47.6 Å². The van der Waals surface area contributed by atoms with E-state index < -0.39 is 5.97 Å². The number of allylic oxidation sites excluding steroid dienone is 1. The molecule has 8 rings (SSSR count). The van der Waals surface area contributed by atoms with Crippen molar-refractivity contribution in [1.82, 2.24) is 14.8 Å². The van der Waals surface area contributed by atoms with Crippen molar-refractivity contribution in [2.75, 3.05) is 13.6 Å². The van der Waals surface area contributed by atoms with E-state index in [1.807, 2.05) is 11.9 Å². The minimum absolute atomic E-state index is 0.0759. The largest absolute Gasteiger partial charge is 0.478 e. The highest BCUT2D eigenvalue weighted by Crippen LogP contribution is 2.77. The van der Waals surface area contributed by atoms with Gasteiger partial charge in [0.25, 0.3) is 0 Å². The minimum atomic E-state index is -0.855. The molecule has 0 saturated heterocycles. The fraction of sp³-hybridized carbons (Fsp3) is 0.625. The fourth-order valence-electron chi connectivity index (χ4n) is 14.8. The number of amides is 2. The summed E-state index contributed by atoms with van der Waals surface area (Å²) in [4.78, 5) is 27.7. The summed E-state index contributed by atoms with van der Waals surface area (Å²) in [6.07, 6.45) is 13.9. The second-order valence-electron chi connectivity index (χ2n) is 20.1. The fourth-order valence-corrected chi connectivity index (χ4v) is 14.8. The predicted molar refractivity (Wildman–Crippen MR) is 219 cm³/mol. The summed E-state index contributed by atoms with van der Waals surface area (Å²) in [6.45, 7) is 21.4. The van der Waals surface area contributed by atoms with E-state index in [1.165, 1.54) is 60.6 Å². The van der Waals surface area contributed by atoms with Gasteiger partial charge in [-0.15, -0.1) is 0 Å². The van der Waals surface area contributed by atoms with Crippen LogP contribution in [0.2, 0.25) is 0 Å². The zero-order valence-corrected chi connectivity index (χ0v) is 34.1. The van der Waals surface area contributed by atoms with E-state index in [0.717, 1.165) is 32.2 Å². The van der Waals surface area contributed by atoms with Crippen LogP contribution in [0.4, 0.5) is 4.79 Å². The van der Waals surface area contributed by atoms with Crippen LogP contribution in [0, 0.1) is 51.2 Å². The predicted octanol–water partition coefficient (Wildman–Crippen LogP) is 11.2. The zero-order valence-electron chi connectivity index (χ0n) is 34.1. The van der Waals surface area contributed by atoms with E-state index in [1.54, 1.807) is 12.1 Å². The van der Waals surface area contributed by atoms with E-state index in [9.17, 15) is 14.7 Å². The summed E-state index contributed by atoms with van der Waals surface area (Å²) in [5.74, 6) is 2.30. The Morgan fingerprint density at radius 2 is 1.59 bits per heavy atom. The van der Waals surface area contributed by atoms with Crippen molar-refractivity contribution in [2.24, 2.45) is 51.2 Å². The molecule has 2 N–H and O–H groups in total. The van der Waals surface area contributed by atoms with Crippen LogP contribution in [0.3, 0.4) is 0 Å². The lowest BCUT2D eigenvalue weighted by atomic mass is 9.32. The van der Waals surface area contributed by atoms with Crippen molar-refractivity contribution in [3.05, 3.63) is 84.1 Å². The van der Waals surface area contributed by atoms with Crippen LogP contribution in [0.1, 0.15) is 128 Å². The number of carboxylic acids is 1. The highest BCUT2D eigenvalue weighted by atomic mass is 16.4. The number of rotatable bonds is 7. The van der Waals surface area contributed by atoms with Crippen LogP contribution in [0.15, 0.2) is 72.9 Å². The van der Waals surface area contributed by atoms with Crippen LogP contribution in [-0.2, 0) is 6.54 Å². The smallest absolute Gasteiger partial charge is 0.335 e. The van der Waals surface area contributed by atoms with Gasteiger partial charge in [-0.2, -0.15) is 0 Å². The summed E-state index contributed by atoms with van der Waals surface area (Å²) in [6, 6.07) is 18.5. The lowest BCUT2D eigenvalue weighted by molar-refractivity contribution is -0.233. The molecule has 1 aromatic heterocycles. The van der Waals surface area contributed by atoms with Crippen molar-refractivity contribution < 1.29 is 14.7 Å². The SMILES string of the molecule is C=C(C)[C@@H]1CC[C@]2(NC(=O)N(C)CCn3ccc4ccccc43)CC[C@]3(C)[C@H](CC[C@@H]4[C@@]5(C)CCC(c6ccc(C(=O)O)cc6)C(C)(C)[C@@H]5CC[C@]43C)[C@@H]12. The van der Waals surface area contributed by atoms with Crippen LogP contribution in [-0.4, -0.2) is 45.7 Å². The molecular formula is C48H65N3O3. The molecule has 6 nitrogen and oxygen atoms in total. The van der Waals surface area contributed by atoms with Gasteiger partial charge in [0.15, 0.2) is 0 Å². The molecule has 5 fully saturated rings. The number of para-hydroxylation sites is 1. The number of nitrogens with zero attached hydrogens (tertiary/aromatic N) is 2. The highest BCUT2D eigenvalue weighted by molar-refractivity contribution is 5.87. The lowest BCUT2D eigenvalue weighted by Crippen LogP contribution is -2.69. The van der Waals surface area contributed by atoms with Crippen molar-refractivity contribution in [2.45, 2.75) is 124 Å². The molecule has 290 valence electrons. The maximum absolute atomic E-state index is 14.2. The zero-order chi connectivity index (χ0) is 38.4. The standard InChI is InChI=1S/C48H65N3O3/c1-31(2)35-19-25-48(49-43(54)50(8)29-30-51-28-22-33-11-9-10-12-38(33)51)27-26-46(6)37(41(35)48)17-18-40-45(5)23-20-36(32-13-15-34(16-14-32)42(52)53)44(3,4)39(45)21-24-47(40,46)7/h9-16,22,28,35-37,39-41H,1,17-21,23-27,29-30H2,2-8H3,(H,49,54)(H,52,53)/t35-,36?,37+,39-,40+,41+,45-,46+,47+,48-/m0/s1. The maximum Gasteiger partial charge on any atom is 0.335 e. The molecule has 0 spiro atoms. The molecule has 2 amide bonds. The Kier molecular flexibility index (Phi) is 9.01. The molecule has 1 heterocycles. The number of carbonyl (C=O) groups is 2. The first-order chi connectivity index (χ1) is 25.6. The van der Waals surface area contributed by atoms with Gasteiger partial charge < -0.3 is 19.9 Å². The molecule has 54 heavy (non-hydrogen) atoms. The average molecular weight is 732 g/mol. The minimum Gasteiger partial charge on any atom is -0.478 e. The first-order valence-corrected chi connectivity index (χ1v) is 21.1. The van der Waals surface area contributed by atoms with E-state index in [4.69, 9.17) is 0 Å². The van der Waals surface area contributed by atoms with E-state index in [-0.39, 0.29) is 33.2 Å². The number of urea groups is 1. The molecular weight excluding hydrogens is 667 g/mol. The number of benzene rings is 2. The van der Waals surface area contributed by atoms with Gasteiger partial charge in [0.1, 0.15) is 0 Å². The molecule has 5 saturated carbocycles. The van der Waals surface area contributed by atoms with Gasteiger partial charge in [0.2, 0.25) is 0 Å². The average Bonchev–Trinajstić information content (AvgIpc) is 3.72. The highest BCUT2D eigenvalue weighted by Gasteiger charge is 2.71. The molecule has 6 heteroatoms. The molecule has 1 unspecified atom stereocenters. The van der Waals surface area contributed by atoms with Crippen LogP contribution in [0.5, 0.6) is 0 Å². The lowest BCUT2D eigenvalue weighted by Gasteiger charge is -2.73. The summed E-state index contributed by atoms with van der Waals surface area (Å²) < 4.78 is 2.26. The van der Waals surface area contributed by atoms with Gasteiger partial charge in [-0.1, -0.05) is 77.1 Å². The van der Waals surface area contributed by atoms with Gasteiger partial charge in [0, 0.05) is 37.4 Å². The van der Waals surface area contributed by atoms with Crippen molar-refractivity contribution in [3.8, 4) is 0 Å². The molecule has 2 aromatic carbocycles. The van der Waals surface area contributed by atoms with Gasteiger partial charge in [-0.05, 0) is 164 Å². The number of carboxylic acid groups (broad SMARTS) is 1. The third-order valence-electron chi connectivity index (χ3n) is 17.7. The van der Waals surface area contributed by atoms with Gasteiger partial charge in [0.05, 0.1) is 5.56 Å². The number of carbonyl (C=O) groups excluding carboxylic acids is 1. The van der Waals surface area contributed by atoms with E-state index >= 15 is 0 Å². The van der Waals surface area contributed by atoms with Crippen molar-refractivity contribution in [3.63, 3.8) is 0 Å². The van der Waals surface area contributed by atoms with Gasteiger partial charge >= 0.3 is 12.0 Å². The second-order valence-corrected chi connectivity index (χ2v) is 20.1. The summed E-state index contributed by atoms with van der Waals surface area (Å²) >= 11 is 0. The first kappa shape index (κ1) is 37.4. The Bertz CT molecular complexity index is 1950. The molecule has 5 aliphatic rings. The Hall–Kier alpha value is -3.54. The summed E-state index contributed by atoms with van der Waals surface area (Å²) in [7, 11) is 1.97. The molecule has 0 bridgehead atoms. The van der Waals surface area contributed by atoms with Crippen molar-refractivity contribution >= 4 is 22.9 Å². The monoisotopic (exact) mass is 732 g/mol. The Morgan fingerprint density at radius 1 is 0.852 bits per heavy atom. The third-order valence-corrected chi connectivity index (χ3v) is 17.7. The number of likely N-dealkylation sites (N-methyl/N-ethyl adjacent to an activating group) is 1. The van der Waals surface area contributed by atoms with E-state index in [2.05, 4.69) is 107 Å². The number of aromatic carboxylic acids is 1. The second kappa shape index (κ2) is 13.0. The summed E-state index contributed by atoms with van der Waals surface area (Å²) in [5.41, 5.74) is 4.84. The maximum atomic E-state index is 14.2. The van der Waals surface area contributed by atoms with Crippen LogP contribution < -0.4 is 5.32 Å². The topological polar surface area (TPSA) is 74.6 Å². The van der Waals surface area contributed by atoms with Crippen LogP contribution >= 0.6 is 0 Å². The third kappa shape index (κ3) is 5.45. The number of fused-ring (bicyclic) bond motifs is 8. The molecule has 3 aromatic rings. The normalized spacial score (nSPS) is 38.1. The number of aromatic nitrogens is 1. The Balaban J connectivity index is 1.03. The first-order valence-electron chi connectivity index (χ1n) is 21.1. The molecule has 0 radical (unpaired) electrons. The molecule has 0 aliphatic heterocycles. The Morgan fingerprint density at radius 3 is 2.31 bits per heavy atom. The Labute approximate surface area is 324 Å². The number of hydrogen-bond donors (Lipinski definition) is 2. The quantitative estimate of drug-likeness (QED) is 0.238. The van der Waals surface area contributed by atoms with Gasteiger partial charge in [-0.25, -0.2) is 9.59 Å². The number of nitrogens with one attached hydrogen (secondary N) is 1. The molecule has 5 aliphatic carbocycles.